The average Bonchev–Trinajstić information content (AvgIpc) is 2.43. The summed E-state index contributed by atoms with van der Waals surface area (Å²) in [5, 5.41) is 3.21. The van der Waals surface area contributed by atoms with E-state index in [2.05, 4.69) is 5.32 Å². The zero-order chi connectivity index (χ0) is 15.2. The molecule has 0 bridgehead atoms. The van der Waals surface area contributed by atoms with Gasteiger partial charge in [0.25, 0.3) is 0 Å². The molecule has 1 aromatic rings. The first-order chi connectivity index (χ1) is 10.1. The summed E-state index contributed by atoms with van der Waals surface area (Å²) < 4.78 is 0. The molecule has 2 rings (SSSR count). The first kappa shape index (κ1) is 15.6. The number of nitrogens with one attached hydrogen (secondary N) is 1. The molecule has 0 spiro atoms. The number of hydrogen-bond donors (Lipinski definition) is 2. The molecule has 0 atom stereocenters. The van der Waals surface area contributed by atoms with E-state index in [1.807, 2.05) is 0 Å². The number of nitrogen functional groups attached to an aromatic ring is 1. The zero-order valence-electron chi connectivity index (χ0n) is 11.9. The summed E-state index contributed by atoms with van der Waals surface area (Å²) in [6.07, 6.45) is 4.56. The van der Waals surface area contributed by atoms with Crippen molar-refractivity contribution in [2.45, 2.75) is 32.1 Å². The minimum Gasteiger partial charge on any atom is -0.397 e. The quantitative estimate of drug-likeness (QED) is 0.843. The summed E-state index contributed by atoms with van der Waals surface area (Å²) in [5.41, 5.74) is 6.72. The highest BCUT2D eigenvalue weighted by Crippen LogP contribution is 2.23. The molecule has 6 heteroatoms. The van der Waals surface area contributed by atoms with Crippen LogP contribution in [0.2, 0.25) is 5.02 Å². The van der Waals surface area contributed by atoms with Crippen LogP contribution >= 0.6 is 11.6 Å². The Balaban J connectivity index is 1.96. The van der Waals surface area contributed by atoms with E-state index in [1.54, 1.807) is 23.1 Å². The Morgan fingerprint density at radius 1 is 1.29 bits per heavy atom. The van der Waals surface area contributed by atoms with Crippen LogP contribution in [0.3, 0.4) is 0 Å². The van der Waals surface area contributed by atoms with Crippen LogP contribution in [0.1, 0.15) is 32.1 Å². The molecule has 114 valence electrons. The number of nitrogens with zero attached hydrogens (tertiary/aromatic N) is 1. The molecule has 1 aliphatic heterocycles. The molecule has 0 aromatic heterocycles. The normalized spacial score (nSPS) is 16.2. The third kappa shape index (κ3) is 4.63. The first-order valence-electron chi connectivity index (χ1n) is 7.19. The molecule has 1 saturated heterocycles. The lowest BCUT2D eigenvalue weighted by Gasteiger charge is -2.24. The third-order valence-electron chi connectivity index (χ3n) is 3.55. The van der Waals surface area contributed by atoms with E-state index < -0.39 is 0 Å². The van der Waals surface area contributed by atoms with E-state index in [9.17, 15) is 9.59 Å². The van der Waals surface area contributed by atoms with Gasteiger partial charge in [0.2, 0.25) is 11.8 Å². The number of hydrogen-bond acceptors (Lipinski definition) is 3. The Morgan fingerprint density at radius 3 is 2.86 bits per heavy atom. The van der Waals surface area contributed by atoms with Gasteiger partial charge in [-0.25, -0.2) is 0 Å². The average molecular weight is 310 g/mol. The van der Waals surface area contributed by atoms with Crippen LogP contribution in [0.5, 0.6) is 0 Å². The molecule has 0 radical (unpaired) electrons. The Hall–Kier alpha value is -1.75. The fraction of sp³-hybridized carbons (Fsp3) is 0.467. The number of rotatable bonds is 3. The Bertz CT molecular complexity index is 534. The van der Waals surface area contributed by atoms with Gasteiger partial charge in [-0.1, -0.05) is 24.4 Å². The summed E-state index contributed by atoms with van der Waals surface area (Å²) in [7, 11) is 0. The van der Waals surface area contributed by atoms with Gasteiger partial charge in [0.05, 0.1) is 17.9 Å². The van der Waals surface area contributed by atoms with Crippen LogP contribution in [-0.4, -0.2) is 29.8 Å². The lowest BCUT2D eigenvalue weighted by atomic mass is 10.1. The van der Waals surface area contributed by atoms with Gasteiger partial charge in [0, 0.05) is 18.0 Å². The van der Waals surface area contributed by atoms with Crippen LogP contribution in [0.4, 0.5) is 11.4 Å². The van der Waals surface area contributed by atoms with Gasteiger partial charge in [0.15, 0.2) is 0 Å². The highest BCUT2D eigenvalue weighted by atomic mass is 35.5. The number of nitrogens with two attached hydrogens (primary N) is 1. The number of likely N-dealkylation sites (tertiary alicyclic amines) is 1. The monoisotopic (exact) mass is 309 g/mol. The van der Waals surface area contributed by atoms with Crippen LogP contribution in [-0.2, 0) is 9.59 Å². The molecule has 0 aliphatic carbocycles. The van der Waals surface area contributed by atoms with Crippen molar-refractivity contribution in [3.8, 4) is 0 Å². The molecule has 1 fully saturated rings. The van der Waals surface area contributed by atoms with Gasteiger partial charge in [-0.2, -0.15) is 0 Å². The fourth-order valence-corrected chi connectivity index (χ4v) is 2.55. The van der Waals surface area contributed by atoms with Gasteiger partial charge < -0.3 is 16.0 Å². The zero-order valence-corrected chi connectivity index (χ0v) is 12.7. The van der Waals surface area contributed by atoms with Crippen molar-refractivity contribution in [2.75, 3.05) is 24.1 Å². The topological polar surface area (TPSA) is 75.4 Å². The van der Waals surface area contributed by atoms with E-state index >= 15 is 0 Å². The molecular formula is C15H20ClN3O2. The first-order valence-corrected chi connectivity index (χ1v) is 7.57. The van der Waals surface area contributed by atoms with Crippen molar-refractivity contribution >= 4 is 34.8 Å². The lowest BCUT2D eigenvalue weighted by Crippen LogP contribution is -2.39. The molecular weight excluding hydrogens is 290 g/mol. The van der Waals surface area contributed by atoms with Crippen LogP contribution in [0, 0.1) is 0 Å². The highest BCUT2D eigenvalue weighted by Gasteiger charge is 2.18. The van der Waals surface area contributed by atoms with Crippen LogP contribution in [0.25, 0.3) is 0 Å². The standard InChI is InChI=1S/C15H20ClN3O2/c16-11-6-7-12(17)13(9-11)18-14(20)10-19-8-4-2-1-3-5-15(19)21/h6-7,9H,1-5,8,10,17H2,(H,18,20). The van der Waals surface area contributed by atoms with Gasteiger partial charge in [-0.3, -0.25) is 9.59 Å². The Kier molecular flexibility index (Phi) is 5.44. The third-order valence-corrected chi connectivity index (χ3v) is 3.78. The maximum Gasteiger partial charge on any atom is 0.244 e. The molecule has 0 unspecified atom stereocenters. The van der Waals surface area contributed by atoms with Gasteiger partial charge in [0.1, 0.15) is 0 Å². The Labute approximate surface area is 129 Å². The number of amides is 2. The summed E-state index contributed by atoms with van der Waals surface area (Å²) in [4.78, 5) is 25.7. The van der Waals surface area contributed by atoms with Crippen molar-refractivity contribution in [3.05, 3.63) is 23.2 Å². The molecule has 5 nitrogen and oxygen atoms in total. The van der Waals surface area contributed by atoms with E-state index in [1.165, 1.54) is 0 Å². The highest BCUT2D eigenvalue weighted by molar-refractivity contribution is 6.31. The van der Waals surface area contributed by atoms with Crippen molar-refractivity contribution in [3.63, 3.8) is 0 Å². The fourth-order valence-electron chi connectivity index (χ4n) is 2.38. The second-order valence-corrected chi connectivity index (χ2v) is 5.70. The van der Waals surface area contributed by atoms with Crippen LogP contribution in [0.15, 0.2) is 18.2 Å². The minimum absolute atomic E-state index is 0.0453. The predicted molar refractivity (Wildman–Crippen MR) is 84.2 cm³/mol. The SMILES string of the molecule is Nc1ccc(Cl)cc1NC(=O)CN1CCCCCCC1=O. The maximum atomic E-state index is 12.1. The largest absolute Gasteiger partial charge is 0.397 e. The molecule has 2 amide bonds. The molecule has 1 aliphatic rings. The van der Waals surface area contributed by atoms with Crippen molar-refractivity contribution in [1.29, 1.82) is 0 Å². The molecule has 0 saturated carbocycles. The number of anilines is 2. The van der Waals surface area contributed by atoms with E-state index in [-0.39, 0.29) is 18.4 Å². The smallest absolute Gasteiger partial charge is 0.244 e. The Morgan fingerprint density at radius 2 is 2.05 bits per heavy atom. The molecule has 1 aromatic carbocycles. The van der Waals surface area contributed by atoms with Gasteiger partial charge in [-0.05, 0) is 31.0 Å². The van der Waals surface area contributed by atoms with Crippen LogP contribution < -0.4 is 11.1 Å². The molecule has 1 heterocycles. The summed E-state index contributed by atoms with van der Waals surface area (Å²) >= 11 is 5.88. The van der Waals surface area contributed by atoms with E-state index in [0.717, 1.165) is 25.7 Å². The van der Waals surface area contributed by atoms with Crippen molar-refractivity contribution in [2.24, 2.45) is 0 Å². The number of benzene rings is 1. The summed E-state index contributed by atoms with van der Waals surface area (Å²) in [5.74, 6) is -0.207. The lowest BCUT2D eigenvalue weighted by molar-refractivity contribution is -0.135. The minimum atomic E-state index is -0.252. The summed E-state index contributed by atoms with van der Waals surface area (Å²) in [6, 6.07) is 4.90. The second kappa shape index (κ2) is 7.31. The molecule has 3 N–H and O–H groups in total. The predicted octanol–water partition coefficient (Wildman–Crippen LogP) is 2.65. The summed E-state index contributed by atoms with van der Waals surface area (Å²) in [6.45, 7) is 0.696. The van der Waals surface area contributed by atoms with E-state index in [0.29, 0.717) is 29.4 Å². The number of carbonyl (C=O) groups excluding carboxylic acids is 2. The van der Waals surface area contributed by atoms with Gasteiger partial charge in [-0.15, -0.1) is 0 Å². The van der Waals surface area contributed by atoms with Crippen molar-refractivity contribution in [1.82, 2.24) is 4.90 Å². The number of halogens is 1. The second-order valence-electron chi connectivity index (χ2n) is 5.26. The van der Waals surface area contributed by atoms with E-state index in [4.69, 9.17) is 17.3 Å². The van der Waals surface area contributed by atoms with Crippen molar-refractivity contribution < 1.29 is 9.59 Å². The molecule has 21 heavy (non-hydrogen) atoms. The van der Waals surface area contributed by atoms with Gasteiger partial charge >= 0.3 is 0 Å². The maximum absolute atomic E-state index is 12.1. The number of carbonyl (C=O) groups is 2.